The first-order valence-electron chi connectivity index (χ1n) is 9.87. The monoisotopic (exact) mass is 455 g/mol. The maximum atomic E-state index is 12.2. The van der Waals surface area contributed by atoms with Crippen molar-refractivity contribution in [2.24, 2.45) is 0 Å². The Bertz CT molecular complexity index is 1090. The number of nitro benzene ring substituents is 1. The van der Waals surface area contributed by atoms with Crippen LogP contribution in [0.2, 0.25) is 5.02 Å². The molecule has 3 aromatic carbocycles. The molecule has 3 rings (SSSR count). The number of hydrogen-bond acceptors (Lipinski definition) is 6. The second-order valence-corrected chi connectivity index (χ2v) is 7.16. The van der Waals surface area contributed by atoms with E-state index in [-0.39, 0.29) is 18.2 Å². The maximum absolute atomic E-state index is 12.2. The van der Waals surface area contributed by atoms with Gasteiger partial charge in [0, 0.05) is 35.1 Å². The summed E-state index contributed by atoms with van der Waals surface area (Å²) in [5.41, 5.74) is 2.16. The average Bonchev–Trinajstić information content (AvgIpc) is 2.79. The van der Waals surface area contributed by atoms with Crippen molar-refractivity contribution in [3.8, 4) is 11.5 Å². The van der Waals surface area contributed by atoms with Gasteiger partial charge in [0.15, 0.2) is 18.1 Å². The van der Waals surface area contributed by atoms with Gasteiger partial charge in [0.05, 0.1) is 11.5 Å². The fourth-order valence-corrected chi connectivity index (χ4v) is 2.98. The van der Waals surface area contributed by atoms with E-state index in [9.17, 15) is 14.9 Å². The molecular formula is C23H22ClN3O5. The highest BCUT2D eigenvalue weighted by Gasteiger charge is 2.11. The quantitative estimate of drug-likeness (QED) is 0.318. The Hall–Kier alpha value is -3.78. The van der Waals surface area contributed by atoms with Gasteiger partial charge in [0.1, 0.15) is 0 Å². The zero-order valence-electron chi connectivity index (χ0n) is 17.3. The molecule has 1 amide bonds. The predicted molar refractivity (Wildman–Crippen MR) is 124 cm³/mol. The number of amides is 1. The summed E-state index contributed by atoms with van der Waals surface area (Å²) in [6, 6.07) is 18.4. The van der Waals surface area contributed by atoms with Crippen molar-refractivity contribution in [1.29, 1.82) is 0 Å². The summed E-state index contributed by atoms with van der Waals surface area (Å²) in [6.45, 7) is 2.52. The minimum atomic E-state index is -0.437. The minimum Gasteiger partial charge on any atom is -0.490 e. The smallest absolute Gasteiger partial charge is 0.271 e. The Labute approximate surface area is 190 Å². The van der Waals surface area contributed by atoms with E-state index in [0.29, 0.717) is 41.0 Å². The van der Waals surface area contributed by atoms with Gasteiger partial charge in [0.2, 0.25) is 0 Å². The number of benzene rings is 3. The molecule has 0 bridgehead atoms. The van der Waals surface area contributed by atoms with Gasteiger partial charge in [0.25, 0.3) is 11.6 Å². The summed E-state index contributed by atoms with van der Waals surface area (Å²) in [5.74, 6) is 0.633. The first-order chi connectivity index (χ1) is 15.4. The van der Waals surface area contributed by atoms with E-state index in [4.69, 9.17) is 21.1 Å². The highest BCUT2D eigenvalue weighted by molar-refractivity contribution is 6.30. The van der Waals surface area contributed by atoms with Crippen molar-refractivity contribution in [2.45, 2.75) is 13.5 Å². The van der Waals surface area contributed by atoms with Crippen LogP contribution in [0.3, 0.4) is 0 Å². The molecule has 2 N–H and O–H groups in total. The van der Waals surface area contributed by atoms with Crippen molar-refractivity contribution < 1.29 is 19.2 Å². The van der Waals surface area contributed by atoms with E-state index in [1.807, 2.05) is 13.0 Å². The lowest BCUT2D eigenvalue weighted by Crippen LogP contribution is -2.20. The Balaban J connectivity index is 1.61. The average molecular weight is 456 g/mol. The third-order valence-corrected chi connectivity index (χ3v) is 4.60. The molecule has 0 radical (unpaired) electrons. The summed E-state index contributed by atoms with van der Waals surface area (Å²) in [7, 11) is 0. The van der Waals surface area contributed by atoms with Crippen LogP contribution in [0.1, 0.15) is 12.5 Å². The van der Waals surface area contributed by atoms with Crippen LogP contribution in [-0.2, 0) is 11.3 Å². The lowest BCUT2D eigenvalue weighted by molar-refractivity contribution is -0.384. The van der Waals surface area contributed by atoms with Gasteiger partial charge in [-0.2, -0.15) is 0 Å². The molecule has 0 saturated carbocycles. The number of nitrogens with zero attached hydrogens (tertiary/aromatic N) is 1. The number of halogens is 1. The lowest BCUT2D eigenvalue weighted by Gasteiger charge is -2.14. The molecular weight excluding hydrogens is 434 g/mol. The number of non-ortho nitro benzene ring substituents is 1. The predicted octanol–water partition coefficient (Wildman–Crippen LogP) is 5.28. The molecule has 0 aliphatic carbocycles. The fourth-order valence-electron chi connectivity index (χ4n) is 2.86. The molecule has 0 heterocycles. The molecule has 0 aliphatic rings. The first kappa shape index (κ1) is 22.9. The van der Waals surface area contributed by atoms with Gasteiger partial charge in [-0.1, -0.05) is 23.7 Å². The topological polar surface area (TPSA) is 103 Å². The number of nitro groups is 1. The molecule has 9 heteroatoms. The Morgan fingerprint density at radius 1 is 1.00 bits per heavy atom. The summed E-state index contributed by atoms with van der Waals surface area (Å²) >= 11 is 5.84. The van der Waals surface area contributed by atoms with Gasteiger partial charge in [-0.05, 0) is 55.0 Å². The SMILES string of the molecule is CCOc1cc(CNc2cccc([N+](=O)[O-])c2)ccc1OCC(=O)Nc1ccc(Cl)cc1. The Kier molecular flexibility index (Phi) is 7.88. The van der Waals surface area contributed by atoms with Crippen molar-refractivity contribution in [3.63, 3.8) is 0 Å². The molecule has 32 heavy (non-hydrogen) atoms. The molecule has 3 aromatic rings. The van der Waals surface area contributed by atoms with Crippen molar-refractivity contribution in [1.82, 2.24) is 0 Å². The van der Waals surface area contributed by atoms with Gasteiger partial charge >= 0.3 is 0 Å². The highest BCUT2D eigenvalue weighted by atomic mass is 35.5. The fraction of sp³-hybridized carbons (Fsp3) is 0.174. The first-order valence-corrected chi connectivity index (χ1v) is 10.2. The zero-order chi connectivity index (χ0) is 22.9. The second-order valence-electron chi connectivity index (χ2n) is 6.72. The molecule has 166 valence electrons. The molecule has 0 saturated heterocycles. The van der Waals surface area contributed by atoms with Gasteiger partial charge in [-0.25, -0.2) is 0 Å². The largest absolute Gasteiger partial charge is 0.490 e. The Morgan fingerprint density at radius 3 is 2.50 bits per heavy atom. The molecule has 8 nitrogen and oxygen atoms in total. The molecule has 0 spiro atoms. The van der Waals surface area contributed by atoms with Crippen LogP contribution < -0.4 is 20.1 Å². The van der Waals surface area contributed by atoms with Crippen LogP contribution in [0.15, 0.2) is 66.7 Å². The Morgan fingerprint density at radius 2 is 1.78 bits per heavy atom. The van der Waals surface area contributed by atoms with E-state index < -0.39 is 4.92 Å². The molecule has 0 atom stereocenters. The third-order valence-electron chi connectivity index (χ3n) is 4.35. The van der Waals surface area contributed by atoms with Gasteiger partial charge < -0.3 is 20.1 Å². The highest BCUT2D eigenvalue weighted by Crippen LogP contribution is 2.29. The van der Waals surface area contributed by atoms with E-state index >= 15 is 0 Å². The van der Waals surface area contributed by atoms with E-state index in [0.717, 1.165) is 5.56 Å². The zero-order valence-corrected chi connectivity index (χ0v) is 18.1. The molecule has 0 aliphatic heterocycles. The van der Waals surface area contributed by atoms with Gasteiger partial charge in [-0.3, -0.25) is 14.9 Å². The molecule has 0 fully saturated rings. The lowest BCUT2D eigenvalue weighted by atomic mass is 10.2. The van der Waals surface area contributed by atoms with Crippen LogP contribution in [0, 0.1) is 10.1 Å². The number of rotatable bonds is 10. The van der Waals surface area contributed by atoms with E-state index in [1.54, 1.807) is 48.5 Å². The summed E-state index contributed by atoms with van der Waals surface area (Å²) in [6.07, 6.45) is 0. The van der Waals surface area contributed by atoms with Crippen molar-refractivity contribution in [2.75, 3.05) is 23.8 Å². The number of carbonyl (C=O) groups excluding carboxylic acids is 1. The maximum Gasteiger partial charge on any atom is 0.271 e. The minimum absolute atomic E-state index is 0.0191. The van der Waals surface area contributed by atoms with Crippen LogP contribution in [0.5, 0.6) is 11.5 Å². The number of nitrogens with one attached hydrogen (secondary N) is 2. The molecule has 0 aromatic heterocycles. The normalized spacial score (nSPS) is 10.3. The summed E-state index contributed by atoms with van der Waals surface area (Å²) < 4.78 is 11.3. The van der Waals surface area contributed by atoms with E-state index in [2.05, 4.69) is 10.6 Å². The van der Waals surface area contributed by atoms with Crippen LogP contribution >= 0.6 is 11.6 Å². The van der Waals surface area contributed by atoms with Crippen molar-refractivity contribution >= 4 is 34.6 Å². The van der Waals surface area contributed by atoms with Crippen molar-refractivity contribution in [3.05, 3.63) is 87.4 Å². The number of anilines is 2. The third kappa shape index (κ3) is 6.61. The summed E-state index contributed by atoms with van der Waals surface area (Å²) in [5, 5.41) is 17.4. The van der Waals surface area contributed by atoms with Crippen LogP contribution in [0.25, 0.3) is 0 Å². The molecule has 0 unspecified atom stereocenters. The van der Waals surface area contributed by atoms with Crippen LogP contribution in [0.4, 0.5) is 17.1 Å². The van der Waals surface area contributed by atoms with Crippen LogP contribution in [-0.4, -0.2) is 24.0 Å². The standard InChI is InChI=1S/C23H22ClN3O5/c1-2-31-22-12-16(14-25-19-4-3-5-20(13-19)27(29)30)6-11-21(22)32-15-23(28)26-18-9-7-17(24)8-10-18/h3-13,25H,2,14-15H2,1H3,(H,26,28). The number of carbonyl (C=O) groups is 1. The number of ether oxygens (including phenoxy) is 2. The van der Waals surface area contributed by atoms with Gasteiger partial charge in [-0.15, -0.1) is 0 Å². The summed E-state index contributed by atoms with van der Waals surface area (Å²) in [4.78, 5) is 22.7. The number of hydrogen-bond donors (Lipinski definition) is 2. The van der Waals surface area contributed by atoms with E-state index in [1.165, 1.54) is 12.1 Å². The second kappa shape index (κ2) is 11.0.